The lowest BCUT2D eigenvalue weighted by molar-refractivity contribution is -0.130. The average Bonchev–Trinajstić information content (AvgIpc) is 3.56. The first kappa shape index (κ1) is 20.5. The molecule has 2 heterocycles. The normalized spacial score (nSPS) is 23.1. The van der Waals surface area contributed by atoms with E-state index in [0.717, 1.165) is 29.3 Å². The number of benzene rings is 2. The van der Waals surface area contributed by atoms with Crippen LogP contribution in [-0.4, -0.2) is 34.2 Å². The van der Waals surface area contributed by atoms with Crippen LogP contribution in [0.2, 0.25) is 0 Å². The minimum Gasteiger partial charge on any atom is -0.484 e. The van der Waals surface area contributed by atoms with Crippen LogP contribution in [0.5, 0.6) is 5.75 Å². The second kappa shape index (κ2) is 8.27. The molecule has 1 saturated heterocycles. The number of hydrogen-bond acceptors (Lipinski definition) is 5. The molecule has 3 aromatic rings. The molecule has 32 heavy (non-hydrogen) atoms. The van der Waals surface area contributed by atoms with Gasteiger partial charge < -0.3 is 15.4 Å². The maximum atomic E-state index is 12.7. The van der Waals surface area contributed by atoms with E-state index >= 15 is 0 Å². The van der Waals surface area contributed by atoms with Crippen LogP contribution < -0.4 is 20.7 Å². The summed E-state index contributed by atoms with van der Waals surface area (Å²) in [4.78, 5) is 25.0. The van der Waals surface area contributed by atoms with Crippen LogP contribution in [0.25, 0.3) is 10.8 Å². The molecule has 5 rings (SSSR count). The Balaban J connectivity index is 1.29. The van der Waals surface area contributed by atoms with Gasteiger partial charge in [-0.3, -0.25) is 14.9 Å². The van der Waals surface area contributed by atoms with Gasteiger partial charge >= 0.3 is 0 Å². The van der Waals surface area contributed by atoms with E-state index in [0.29, 0.717) is 17.5 Å². The first-order valence-corrected chi connectivity index (χ1v) is 11.1. The second-order valence-corrected chi connectivity index (χ2v) is 8.67. The Morgan fingerprint density at radius 2 is 1.94 bits per heavy atom. The maximum absolute atomic E-state index is 12.7. The van der Waals surface area contributed by atoms with Crippen molar-refractivity contribution in [1.82, 2.24) is 20.4 Å². The molecule has 1 saturated carbocycles. The third kappa shape index (κ3) is 4.18. The lowest BCUT2D eigenvalue weighted by atomic mass is 10.0. The molecule has 1 aliphatic heterocycles. The minimum atomic E-state index is -0.516. The Labute approximate surface area is 186 Å². The fraction of sp³-hybridized carbons (Fsp3) is 0.375. The minimum absolute atomic E-state index is 0.0119. The number of rotatable bonds is 6. The van der Waals surface area contributed by atoms with E-state index < -0.39 is 6.29 Å². The predicted molar refractivity (Wildman–Crippen MR) is 121 cm³/mol. The van der Waals surface area contributed by atoms with Crippen LogP contribution >= 0.6 is 0 Å². The van der Waals surface area contributed by atoms with Gasteiger partial charge in [-0.25, -0.2) is 4.68 Å². The van der Waals surface area contributed by atoms with Crippen molar-refractivity contribution in [3.63, 3.8) is 0 Å². The molecule has 2 fully saturated rings. The molecular weight excluding hydrogens is 406 g/mol. The van der Waals surface area contributed by atoms with Crippen molar-refractivity contribution in [3.8, 4) is 5.75 Å². The molecule has 3 unspecified atom stereocenters. The lowest BCUT2D eigenvalue weighted by Gasteiger charge is -2.34. The monoisotopic (exact) mass is 433 g/mol. The summed E-state index contributed by atoms with van der Waals surface area (Å²) >= 11 is 0. The lowest BCUT2D eigenvalue weighted by Crippen LogP contribution is -2.57. The van der Waals surface area contributed by atoms with Gasteiger partial charge in [0.15, 0.2) is 12.9 Å². The third-order valence-electron chi connectivity index (χ3n) is 6.22. The van der Waals surface area contributed by atoms with E-state index in [2.05, 4.69) is 21.0 Å². The zero-order valence-electron chi connectivity index (χ0n) is 18.2. The molecule has 0 bridgehead atoms. The number of fused-ring (bicyclic) bond motifs is 1. The van der Waals surface area contributed by atoms with Gasteiger partial charge in [0.25, 0.3) is 5.91 Å². The molecule has 0 spiro atoms. The first-order valence-electron chi connectivity index (χ1n) is 11.1. The fourth-order valence-electron chi connectivity index (χ4n) is 3.93. The summed E-state index contributed by atoms with van der Waals surface area (Å²) in [6.07, 6.45) is 1.67. The first-order chi connectivity index (χ1) is 15.5. The van der Waals surface area contributed by atoms with Gasteiger partial charge in [0.1, 0.15) is 11.6 Å². The fourth-order valence-corrected chi connectivity index (χ4v) is 3.93. The Morgan fingerprint density at radius 1 is 1.16 bits per heavy atom. The number of nitrogens with zero attached hydrogens (tertiary/aromatic N) is 2. The van der Waals surface area contributed by atoms with Crippen molar-refractivity contribution in [3.05, 3.63) is 54.2 Å². The number of hydrogen-bond donors (Lipinski definition) is 3. The van der Waals surface area contributed by atoms with Crippen molar-refractivity contribution in [2.75, 3.05) is 11.9 Å². The second-order valence-electron chi connectivity index (χ2n) is 8.67. The molecule has 2 aliphatic rings. The van der Waals surface area contributed by atoms with E-state index in [1.165, 1.54) is 0 Å². The average molecular weight is 434 g/mol. The predicted octanol–water partition coefficient (Wildman–Crippen LogP) is 3.13. The largest absolute Gasteiger partial charge is 0.484 e. The smallest absolute Gasteiger partial charge is 0.263 e. The summed E-state index contributed by atoms with van der Waals surface area (Å²) in [6, 6.07) is 15.6. The number of aromatic nitrogens is 2. The SMILES string of the molecule is CC1NC(n2nc(C3CC3)cc2NC(=O)COc2ccc3ccccc3c2)NC(=O)C1C. The molecule has 8 nitrogen and oxygen atoms in total. The summed E-state index contributed by atoms with van der Waals surface area (Å²) in [5.41, 5.74) is 0.929. The molecule has 0 radical (unpaired) electrons. The number of ether oxygens (including phenoxy) is 1. The number of carbonyl (C=O) groups excluding carboxylic acids is 2. The number of amides is 2. The molecule has 166 valence electrons. The summed E-state index contributed by atoms with van der Waals surface area (Å²) < 4.78 is 7.38. The van der Waals surface area contributed by atoms with Crippen molar-refractivity contribution in [1.29, 1.82) is 0 Å². The Bertz CT molecular complexity index is 1170. The van der Waals surface area contributed by atoms with Crippen LogP contribution in [0.3, 0.4) is 0 Å². The quantitative estimate of drug-likeness (QED) is 0.555. The van der Waals surface area contributed by atoms with Gasteiger partial charge in [-0.2, -0.15) is 5.10 Å². The van der Waals surface area contributed by atoms with Gasteiger partial charge in [-0.1, -0.05) is 37.3 Å². The number of nitrogens with one attached hydrogen (secondary N) is 3. The van der Waals surface area contributed by atoms with Crippen molar-refractivity contribution >= 4 is 28.4 Å². The number of carbonyl (C=O) groups is 2. The van der Waals surface area contributed by atoms with E-state index in [4.69, 9.17) is 4.74 Å². The zero-order valence-corrected chi connectivity index (χ0v) is 18.2. The van der Waals surface area contributed by atoms with Crippen molar-refractivity contribution < 1.29 is 14.3 Å². The molecule has 3 N–H and O–H groups in total. The highest BCUT2D eigenvalue weighted by molar-refractivity contribution is 5.91. The van der Waals surface area contributed by atoms with E-state index in [-0.39, 0.29) is 30.4 Å². The van der Waals surface area contributed by atoms with Crippen LogP contribution in [0.1, 0.15) is 44.6 Å². The van der Waals surface area contributed by atoms with Gasteiger partial charge in [0, 0.05) is 18.0 Å². The molecule has 3 atom stereocenters. The van der Waals surface area contributed by atoms with E-state index in [1.807, 2.05) is 62.4 Å². The van der Waals surface area contributed by atoms with Gasteiger partial charge in [-0.05, 0) is 42.7 Å². The van der Waals surface area contributed by atoms with E-state index in [9.17, 15) is 9.59 Å². The van der Waals surface area contributed by atoms with Gasteiger partial charge in [0.2, 0.25) is 5.91 Å². The zero-order chi connectivity index (χ0) is 22.2. The molecule has 1 aromatic heterocycles. The molecule has 1 aliphatic carbocycles. The topological polar surface area (TPSA) is 97.3 Å². The highest BCUT2D eigenvalue weighted by Crippen LogP contribution is 2.40. The summed E-state index contributed by atoms with van der Waals surface area (Å²) in [5, 5.41) is 16.1. The summed E-state index contributed by atoms with van der Waals surface area (Å²) in [6.45, 7) is 3.73. The highest BCUT2D eigenvalue weighted by atomic mass is 16.5. The van der Waals surface area contributed by atoms with Crippen LogP contribution in [0.4, 0.5) is 5.82 Å². The van der Waals surface area contributed by atoms with Crippen LogP contribution in [0, 0.1) is 5.92 Å². The number of anilines is 1. The van der Waals surface area contributed by atoms with Gasteiger partial charge in [0.05, 0.1) is 11.6 Å². The summed E-state index contributed by atoms with van der Waals surface area (Å²) in [7, 11) is 0. The molecular formula is C24H27N5O3. The van der Waals surface area contributed by atoms with Crippen LogP contribution in [-0.2, 0) is 9.59 Å². The highest BCUT2D eigenvalue weighted by Gasteiger charge is 2.34. The molecule has 2 amide bonds. The Kier molecular flexibility index (Phi) is 5.30. The summed E-state index contributed by atoms with van der Waals surface area (Å²) in [5.74, 6) is 1.12. The Hall–Kier alpha value is -3.39. The Morgan fingerprint density at radius 3 is 2.69 bits per heavy atom. The third-order valence-corrected chi connectivity index (χ3v) is 6.22. The maximum Gasteiger partial charge on any atom is 0.263 e. The molecule has 8 heteroatoms. The van der Waals surface area contributed by atoms with Gasteiger partial charge in [-0.15, -0.1) is 0 Å². The standard InChI is InChI=1S/C24H27N5O3/c1-14-15(2)25-24(27-23(14)31)29-21(12-20(28-29)17-7-8-17)26-22(30)13-32-19-10-9-16-5-3-4-6-18(16)11-19/h3-6,9-12,14-15,17,24-25H,7-8,13H2,1-2H3,(H,26,30)(H,27,31). The van der Waals surface area contributed by atoms with Crippen LogP contribution in [0.15, 0.2) is 48.5 Å². The van der Waals surface area contributed by atoms with Crippen molar-refractivity contribution in [2.45, 2.75) is 44.9 Å². The van der Waals surface area contributed by atoms with Crippen molar-refractivity contribution in [2.24, 2.45) is 5.92 Å². The van der Waals surface area contributed by atoms with E-state index in [1.54, 1.807) is 4.68 Å². The molecule has 2 aromatic carbocycles.